The van der Waals surface area contributed by atoms with Gasteiger partial charge in [0.05, 0.1) is 6.10 Å². The highest BCUT2D eigenvalue weighted by atomic mass is 32.1. The lowest BCUT2D eigenvalue weighted by Crippen LogP contribution is -2.31. The van der Waals surface area contributed by atoms with E-state index in [1.54, 1.807) is 6.07 Å². The van der Waals surface area contributed by atoms with Gasteiger partial charge < -0.3 is 10.4 Å². The van der Waals surface area contributed by atoms with Crippen molar-refractivity contribution in [3.05, 3.63) is 16.6 Å². The fourth-order valence-corrected chi connectivity index (χ4v) is 1.46. The van der Waals surface area contributed by atoms with Crippen LogP contribution in [0.2, 0.25) is 0 Å². The van der Waals surface area contributed by atoms with Gasteiger partial charge in [-0.1, -0.05) is 6.92 Å². The zero-order valence-corrected chi connectivity index (χ0v) is 9.10. The molecule has 0 spiro atoms. The van der Waals surface area contributed by atoms with Gasteiger partial charge in [0.1, 0.15) is 5.69 Å². The molecule has 4 nitrogen and oxygen atoms in total. The highest BCUT2D eigenvalue weighted by molar-refractivity contribution is 7.05. The zero-order chi connectivity index (χ0) is 10.6. The molecule has 1 aromatic rings. The van der Waals surface area contributed by atoms with Crippen LogP contribution >= 0.6 is 11.5 Å². The molecular formula is C9H14N2O2S. The minimum Gasteiger partial charge on any atom is -0.391 e. The Morgan fingerprint density at radius 3 is 3.00 bits per heavy atom. The molecule has 2 N–H and O–H groups in total. The SMILES string of the molecule is CC[C@H](O)CNC(=O)c1cc(C)sn1. The van der Waals surface area contributed by atoms with Crippen LogP contribution in [0.25, 0.3) is 0 Å². The third kappa shape index (κ3) is 3.08. The van der Waals surface area contributed by atoms with Crippen molar-refractivity contribution in [2.75, 3.05) is 6.54 Å². The minimum atomic E-state index is -0.473. The molecule has 0 fully saturated rings. The van der Waals surface area contributed by atoms with Gasteiger partial charge in [-0.3, -0.25) is 4.79 Å². The summed E-state index contributed by atoms with van der Waals surface area (Å²) in [5.74, 6) is -0.221. The van der Waals surface area contributed by atoms with Crippen molar-refractivity contribution in [1.82, 2.24) is 9.69 Å². The van der Waals surface area contributed by atoms with Crippen LogP contribution in [-0.4, -0.2) is 28.0 Å². The first kappa shape index (κ1) is 11.1. The molecule has 14 heavy (non-hydrogen) atoms. The third-order valence-electron chi connectivity index (χ3n) is 1.83. The van der Waals surface area contributed by atoms with Gasteiger partial charge in [0.15, 0.2) is 0 Å². The quantitative estimate of drug-likeness (QED) is 0.784. The van der Waals surface area contributed by atoms with E-state index in [2.05, 4.69) is 9.69 Å². The number of nitrogens with zero attached hydrogens (tertiary/aromatic N) is 1. The molecule has 1 heterocycles. The van der Waals surface area contributed by atoms with Crippen molar-refractivity contribution in [1.29, 1.82) is 0 Å². The predicted molar refractivity (Wildman–Crippen MR) is 55.5 cm³/mol. The molecule has 0 aromatic carbocycles. The first-order chi connectivity index (χ1) is 6.63. The van der Waals surface area contributed by atoms with Gasteiger partial charge in [-0.15, -0.1) is 0 Å². The largest absolute Gasteiger partial charge is 0.391 e. The Kier molecular flexibility index (Phi) is 4.03. The number of aliphatic hydroxyl groups is 1. The van der Waals surface area contributed by atoms with Crippen LogP contribution in [0.15, 0.2) is 6.07 Å². The summed E-state index contributed by atoms with van der Waals surface area (Å²) in [6.07, 6.45) is 0.162. The molecule has 5 heteroatoms. The molecule has 0 unspecified atom stereocenters. The van der Waals surface area contributed by atoms with Crippen molar-refractivity contribution >= 4 is 17.4 Å². The number of aliphatic hydroxyl groups excluding tert-OH is 1. The molecule has 0 radical (unpaired) electrons. The number of carbonyl (C=O) groups excluding carboxylic acids is 1. The molecule has 1 atom stereocenters. The van der Waals surface area contributed by atoms with E-state index >= 15 is 0 Å². The third-order valence-corrected chi connectivity index (χ3v) is 2.52. The molecule has 1 rings (SSSR count). The number of rotatable bonds is 4. The first-order valence-corrected chi connectivity index (χ1v) is 5.30. The summed E-state index contributed by atoms with van der Waals surface area (Å²) < 4.78 is 3.97. The van der Waals surface area contributed by atoms with Gasteiger partial charge in [0, 0.05) is 11.4 Å². The van der Waals surface area contributed by atoms with E-state index < -0.39 is 6.10 Å². The van der Waals surface area contributed by atoms with Gasteiger partial charge in [0.2, 0.25) is 0 Å². The van der Waals surface area contributed by atoms with E-state index in [0.29, 0.717) is 12.1 Å². The Hall–Kier alpha value is -0.940. The summed E-state index contributed by atoms with van der Waals surface area (Å²) in [6.45, 7) is 4.05. The summed E-state index contributed by atoms with van der Waals surface area (Å²) in [5, 5.41) is 11.8. The molecular weight excluding hydrogens is 200 g/mol. The molecule has 0 aliphatic carbocycles. The lowest BCUT2D eigenvalue weighted by molar-refractivity contribution is 0.0910. The average Bonchev–Trinajstić information content (AvgIpc) is 2.60. The van der Waals surface area contributed by atoms with Crippen LogP contribution < -0.4 is 5.32 Å². The fourth-order valence-electron chi connectivity index (χ4n) is 0.919. The van der Waals surface area contributed by atoms with Gasteiger partial charge >= 0.3 is 0 Å². The lowest BCUT2D eigenvalue weighted by Gasteiger charge is -2.07. The summed E-state index contributed by atoms with van der Waals surface area (Å²) in [7, 11) is 0. The maximum Gasteiger partial charge on any atom is 0.271 e. The Balaban J connectivity index is 2.43. The molecule has 0 bridgehead atoms. The van der Waals surface area contributed by atoms with E-state index in [0.717, 1.165) is 4.88 Å². The fraction of sp³-hybridized carbons (Fsp3) is 0.556. The van der Waals surface area contributed by atoms with Gasteiger partial charge in [-0.05, 0) is 30.9 Å². The maximum absolute atomic E-state index is 11.4. The van der Waals surface area contributed by atoms with Crippen molar-refractivity contribution in [2.45, 2.75) is 26.4 Å². The normalized spacial score (nSPS) is 12.5. The standard InChI is InChI=1S/C9H14N2O2S/c1-3-7(12)5-10-9(13)8-4-6(2)14-11-8/h4,7,12H,3,5H2,1-2H3,(H,10,13)/t7-/m0/s1. The van der Waals surface area contributed by atoms with E-state index in [-0.39, 0.29) is 12.5 Å². The molecule has 0 aliphatic rings. The van der Waals surface area contributed by atoms with Crippen LogP contribution in [-0.2, 0) is 0 Å². The smallest absolute Gasteiger partial charge is 0.271 e. The summed E-state index contributed by atoms with van der Waals surface area (Å²) in [6, 6.07) is 1.73. The van der Waals surface area contributed by atoms with Crippen LogP contribution in [0, 0.1) is 6.92 Å². The monoisotopic (exact) mass is 214 g/mol. The van der Waals surface area contributed by atoms with Crippen molar-refractivity contribution < 1.29 is 9.90 Å². The molecule has 1 aromatic heterocycles. The molecule has 0 saturated carbocycles. The van der Waals surface area contributed by atoms with E-state index in [1.807, 2.05) is 13.8 Å². The van der Waals surface area contributed by atoms with Crippen molar-refractivity contribution in [3.8, 4) is 0 Å². The number of hydrogen-bond acceptors (Lipinski definition) is 4. The summed E-state index contributed by atoms with van der Waals surface area (Å²) in [5.41, 5.74) is 0.427. The predicted octanol–water partition coefficient (Wildman–Crippen LogP) is 0.952. The van der Waals surface area contributed by atoms with Crippen molar-refractivity contribution in [3.63, 3.8) is 0 Å². The van der Waals surface area contributed by atoms with Gasteiger partial charge in [0.25, 0.3) is 5.91 Å². The lowest BCUT2D eigenvalue weighted by atomic mass is 10.3. The number of carbonyl (C=O) groups is 1. The number of aryl methyl sites for hydroxylation is 1. The first-order valence-electron chi connectivity index (χ1n) is 4.53. The highest BCUT2D eigenvalue weighted by Gasteiger charge is 2.10. The van der Waals surface area contributed by atoms with Crippen LogP contribution in [0.3, 0.4) is 0 Å². The van der Waals surface area contributed by atoms with Gasteiger partial charge in [-0.2, -0.15) is 4.37 Å². The topological polar surface area (TPSA) is 62.2 Å². The second kappa shape index (κ2) is 5.07. The van der Waals surface area contributed by atoms with E-state index in [1.165, 1.54) is 11.5 Å². The number of hydrogen-bond donors (Lipinski definition) is 2. The Morgan fingerprint density at radius 1 is 1.79 bits per heavy atom. The molecule has 0 aliphatic heterocycles. The second-order valence-corrected chi connectivity index (χ2v) is 4.10. The van der Waals surface area contributed by atoms with Crippen LogP contribution in [0.1, 0.15) is 28.7 Å². The molecule has 1 amide bonds. The molecule has 78 valence electrons. The zero-order valence-electron chi connectivity index (χ0n) is 8.28. The van der Waals surface area contributed by atoms with E-state index in [4.69, 9.17) is 0 Å². The summed E-state index contributed by atoms with van der Waals surface area (Å²) in [4.78, 5) is 12.4. The Labute approximate surface area is 87.1 Å². The van der Waals surface area contributed by atoms with Crippen LogP contribution in [0.4, 0.5) is 0 Å². The maximum atomic E-state index is 11.4. The number of aromatic nitrogens is 1. The van der Waals surface area contributed by atoms with Crippen molar-refractivity contribution in [2.24, 2.45) is 0 Å². The van der Waals surface area contributed by atoms with E-state index in [9.17, 15) is 9.90 Å². The minimum absolute atomic E-state index is 0.221. The average molecular weight is 214 g/mol. The molecule has 0 saturated heterocycles. The van der Waals surface area contributed by atoms with Gasteiger partial charge in [-0.25, -0.2) is 0 Å². The number of nitrogens with one attached hydrogen (secondary N) is 1. The van der Waals surface area contributed by atoms with Crippen LogP contribution in [0.5, 0.6) is 0 Å². The number of amides is 1. The Morgan fingerprint density at radius 2 is 2.50 bits per heavy atom. The second-order valence-electron chi connectivity index (χ2n) is 3.09. The Bertz CT molecular complexity index is 312. The summed E-state index contributed by atoms with van der Waals surface area (Å²) >= 11 is 1.30. The highest BCUT2D eigenvalue weighted by Crippen LogP contribution is 2.07.